The molecule has 0 bridgehead atoms. The van der Waals surface area contributed by atoms with Gasteiger partial charge in [-0.1, -0.05) is 29.8 Å². The lowest BCUT2D eigenvalue weighted by molar-refractivity contribution is -0.123. The van der Waals surface area contributed by atoms with Gasteiger partial charge in [0.05, 0.1) is 18.8 Å². The Kier molecular flexibility index (Phi) is 5.46. The van der Waals surface area contributed by atoms with Crippen LogP contribution in [0.25, 0.3) is 0 Å². The molecule has 1 aliphatic carbocycles. The predicted octanol–water partition coefficient (Wildman–Crippen LogP) is 1.14. The van der Waals surface area contributed by atoms with Crippen LogP contribution in [0.1, 0.15) is 30.0 Å². The molecular formula is C18H27N3O3S. The summed E-state index contributed by atoms with van der Waals surface area (Å²) in [6.07, 6.45) is 3.55. The number of hydrogen-bond donors (Lipinski definition) is 1. The van der Waals surface area contributed by atoms with Gasteiger partial charge in [-0.05, 0) is 31.2 Å². The van der Waals surface area contributed by atoms with Crippen molar-refractivity contribution in [3.05, 3.63) is 35.4 Å². The molecule has 1 N–H and O–H groups in total. The Balaban J connectivity index is 1.54. The maximum absolute atomic E-state index is 12.5. The van der Waals surface area contributed by atoms with Crippen molar-refractivity contribution >= 4 is 15.9 Å². The summed E-state index contributed by atoms with van der Waals surface area (Å²) in [5.74, 6) is 0.555. The summed E-state index contributed by atoms with van der Waals surface area (Å²) in [5, 5.41) is 3.19. The minimum Gasteiger partial charge on any atom is -0.348 e. The molecule has 25 heavy (non-hydrogen) atoms. The third-order valence-corrected chi connectivity index (χ3v) is 6.32. The fourth-order valence-corrected chi connectivity index (χ4v) is 4.14. The molecule has 138 valence electrons. The Bertz CT molecular complexity index is 706. The average Bonchev–Trinajstić information content (AvgIpc) is 3.38. The minimum atomic E-state index is -3.13. The van der Waals surface area contributed by atoms with Gasteiger partial charge < -0.3 is 5.32 Å². The number of sulfonamides is 1. The molecule has 3 rings (SSSR count). The summed E-state index contributed by atoms with van der Waals surface area (Å²) in [5.41, 5.74) is 2.39. The monoisotopic (exact) mass is 365 g/mol. The van der Waals surface area contributed by atoms with Gasteiger partial charge in [0, 0.05) is 26.2 Å². The number of nitrogens with zero attached hydrogens (tertiary/aromatic N) is 2. The first-order valence-corrected chi connectivity index (χ1v) is 10.7. The molecule has 1 aromatic carbocycles. The Morgan fingerprint density at radius 1 is 1.16 bits per heavy atom. The third-order valence-electron chi connectivity index (χ3n) is 5.01. The van der Waals surface area contributed by atoms with Crippen LogP contribution in [0.5, 0.6) is 0 Å². The number of hydrogen-bond acceptors (Lipinski definition) is 4. The maximum atomic E-state index is 12.5. The lowest BCUT2D eigenvalue weighted by Gasteiger charge is -2.33. The molecule has 1 unspecified atom stereocenters. The molecule has 2 fully saturated rings. The molecule has 0 radical (unpaired) electrons. The van der Waals surface area contributed by atoms with E-state index in [1.807, 2.05) is 4.90 Å². The maximum Gasteiger partial charge on any atom is 0.234 e. The minimum absolute atomic E-state index is 0.0188. The van der Waals surface area contributed by atoms with Crippen LogP contribution in [0.2, 0.25) is 0 Å². The van der Waals surface area contributed by atoms with Gasteiger partial charge in [0.2, 0.25) is 15.9 Å². The first-order valence-electron chi connectivity index (χ1n) is 8.86. The van der Waals surface area contributed by atoms with Crippen molar-refractivity contribution < 1.29 is 13.2 Å². The molecule has 1 aromatic rings. The molecule has 1 aliphatic heterocycles. The second-order valence-electron chi connectivity index (χ2n) is 7.23. The van der Waals surface area contributed by atoms with Crippen LogP contribution < -0.4 is 5.32 Å². The first-order chi connectivity index (χ1) is 11.8. The van der Waals surface area contributed by atoms with E-state index >= 15 is 0 Å². The van der Waals surface area contributed by atoms with Crippen molar-refractivity contribution in [2.75, 3.05) is 39.0 Å². The normalized spacial score (nSPS) is 21.0. The SMILES string of the molecule is Cc1ccc(C(NC(=O)CN2CCN(S(C)(=O)=O)CC2)C2CC2)cc1. The zero-order valence-electron chi connectivity index (χ0n) is 14.9. The first kappa shape index (κ1) is 18.4. The van der Waals surface area contributed by atoms with E-state index in [0.29, 0.717) is 38.6 Å². The highest BCUT2D eigenvalue weighted by molar-refractivity contribution is 7.88. The molecule has 1 saturated carbocycles. The van der Waals surface area contributed by atoms with E-state index in [2.05, 4.69) is 36.5 Å². The van der Waals surface area contributed by atoms with Crippen molar-refractivity contribution in [2.45, 2.75) is 25.8 Å². The van der Waals surface area contributed by atoms with Crippen LogP contribution in [0.4, 0.5) is 0 Å². The number of benzene rings is 1. The Labute approximate surface area is 150 Å². The number of piperazine rings is 1. The molecule has 1 saturated heterocycles. The highest BCUT2D eigenvalue weighted by Crippen LogP contribution is 2.41. The summed E-state index contributed by atoms with van der Waals surface area (Å²) in [6.45, 7) is 4.49. The van der Waals surface area contributed by atoms with Gasteiger partial charge in [-0.15, -0.1) is 0 Å². The number of aryl methyl sites for hydroxylation is 1. The van der Waals surface area contributed by atoms with Crippen molar-refractivity contribution in [1.29, 1.82) is 0 Å². The van der Waals surface area contributed by atoms with Gasteiger partial charge in [0.25, 0.3) is 0 Å². The molecule has 2 aliphatic rings. The van der Waals surface area contributed by atoms with Crippen LogP contribution >= 0.6 is 0 Å². The Morgan fingerprint density at radius 3 is 2.28 bits per heavy atom. The summed E-state index contributed by atoms with van der Waals surface area (Å²) in [4.78, 5) is 14.5. The highest BCUT2D eigenvalue weighted by atomic mass is 32.2. The largest absolute Gasteiger partial charge is 0.348 e. The van der Waals surface area contributed by atoms with E-state index in [-0.39, 0.29) is 11.9 Å². The smallest absolute Gasteiger partial charge is 0.234 e. The Morgan fingerprint density at radius 2 is 1.76 bits per heavy atom. The van der Waals surface area contributed by atoms with E-state index in [0.717, 1.165) is 12.8 Å². The van der Waals surface area contributed by atoms with Gasteiger partial charge in [-0.2, -0.15) is 4.31 Å². The third kappa shape index (κ3) is 5.03. The summed E-state index contributed by atoms with van der Waals surface area (Å²) >= 11 is 0. The topological polar surface area (TPSA) is 69.7 Å². The quantitative estimate of drug-likeness (QED) is 0.821. The second kappa shape index (κ2) is 7.43. The van der Waals surface area contributed by atoms with Crippen molar-refractivity contribution in [3.63, 3.8) is 0 Å². The van der Waals surface area contributed by atoms with Crippen molar-refractivity contribution in [2.24, 2.45) is 5.92 Å². The fraction of sp³-hybridized carbons (Fsp3) is 0.611. The van der Waals surface area contributed by atoms with Crippen LogP contribution in [0.3, 0.4) is 0 Å². The van der Waals surface area contributed by atoms with E-state index < -0.39 is 10.0 Å². The van der Waals surface area contributed by atoms with E-state index in [1.54, 1.807) is 0 Å². The molecule has 1 heterocycles. The lowest BCUT2D eigenvalue weighted by Crippen LogP contribution is -2.51. The average molecular weight is 365 g/mol. The summed E-state index contributed by atoms with van der Waals surface area (Å²) < 4.78 is 24.6. The molecule has 1 atom stereocenters. The van der Waals surface area contributed by atoms with E-state index in [4.69, 9.17) is 0 Å². The van der Waals surface area contributed by atoms with E-state index in [9.17, 15) is 13.2 Å². The molecule has 0 aromatic heterocycles. The number of carbonyl (C=O) groups is 1. The number of rotatable bonds is 6. The zero-order chi connectivity index (χ0) is 18.0. The highest BCUT2D eigenvalue weighted by Gasteiger charge is 2.34. The van der Waals surface area contributed by atoms with Crippen molar-refractivity contribution in [3.8, 4) is 0 Å². The predicted molar refractivity (Wildman–Crippen MR) is 97.6 cm³/mol. The molecule has 6 nitrogen and oxygen atoms in total. The van der Waals surface area contributed by atoms with Crippen LogP contribution in [-0.4, -0.2) is 62.5 Å². The number of carbonyl (C=O) groups excluding carboxylic acids is 1. The molecule has 7 heteroatoms. The lowest BCUT2D eigenvalue weighted by atomic mass is 10.0. The van der Waals surface area contributed by atoms with Crippen LogP contribution in [0, 0.1) is 12.8 Å². The van der Waals surface area contributed by atoms with Gasteiger partial charge in [0.1, 0.15) is 0 Å². The molecule has 1 amide bonds. The second-order valence-corrected chi connectivity index (χ2v) is 9.21. The summed E-state index contributed by atoms with van der Waals surface area (Å²) in [6, 6.07) is 8.46. The van der Waals surface area contributed by atoms with Gasteiger partial charge in [0.15, 0.2) is 0 Å². The standard InChI is InChI=1S/C18H27N3O3S/c1-14-3-5-15(6-4-14)18(16-7-8-16)19-17(22)13-20-9-11-21(12-10-20)25(2,23)24/h3-6,16,18H,7-13H2,1-2H3,(H,19,22). The van der Waals surface area contributed by atoms with Crippen molar-refractivity contribution in [1.82, 2.24) is 14.5 Å². The molecular weight excluding hydrogens is 338 g/mol. The van der Waals surface area contributed by atoms with Gasteiger partial charge >= 0.3 is 0 Å². The summed E-state index contributed by atoms with van der Waals surface area (Å²) in [7, 11) is -3.13. The fourth-order valence-electron chi connectivity index (χ4n) is 3.32. The number of nitrogens with one attached hydrogen (secondary N) is 1. The zero-order valence-corrected chi connectivity index (χ0v) is 15.8. The van der Waals surface area contributed by atoms with Crippen LogP contribution in [0.15, 0.2) is 24.3 Å². The number of amides is 1. The van der Waals surface area contributed by atoms with Crippen LogP contribution in [-0.2, 0) is 14.8 Å². The van der Waals surface area contributed by atoms with E-state index in [1.165, 1.54) is 21.7 Å². The van der Waals surface area contributed by atoms with Gasteiger partial charge in [-0.3, -0.25) is 9.69 Å². The van der Waals surface area contributed by atoms with Gasteiger partial charge in [-0.25, -0.2) is 8.42 Å². The molecule has 0 spiro atoms. The Hall–Kier alpha value is -1.44.